The van der Waals surface area contributed by atoms with Crippen molar-refractivity contribution in [3.05, 3.63) is 88.0 Å². The Hall–Kier alpha value is -3.49. The normalized spacial score (nSPS) is 10.9. The van der Waals surface area contributed by atoms with E-state index in [1.807, 2.05) is 18.2 Å². The number of rotatable bonds is 6. The summed E-state index contributed by atoms with van der Waals surface area (Å²) in [6.07, 6.45) is 4.82. The smallest absolute Gasteiger partial charge is 0.269 e. The highest BCUT2D eigenvalue weighted by Gasteiger charge is 2.08. The van der Waals surface area contributed by atoms with Gasteiger partial charge in [-0.25, -0.2) is 0 Å². The second kappa shape index (κ2) is 9.76. The Bertz CT molecular complexity index is 1320. The fourth-order valence-corrected chi connectivity index (χ4v) is 4.80. The molecule has 0 fully saturated rings. The molecule has 2 N–H and O–H groups in total. The van der Waals surface area contributed by atoms with Gasteiger partial charge < -0.3 is 15.4 Å². The van der Waals surface area contributed by atoms with Gasteiger partial charge in [-0.2, -0.15) is 0 Å². The largest absolute Gasteiger partial charge is 0.457 e. The van der Waals surface area contributed by atoms with Gasteiger partial charge in [0.25, 0.3) is 5.91 Å². The van der Waals surface area contributed by atoms with Crippen molar-refractivity contribution in [2.75, 3.05) is 12.4 Å². The maximum atomic E-state index is 12.3. The maximum absolute atomic E-state index is 12.3. The van der Waals surface area contributed by atoms with Crippen LogP contribution in [0.3, 0.4) is 0 Å². The molecule has 160 valence electrons. The Morgan fingerprint density at radius 3 is 2.59 bits per heavy atom. The number of halogens is 1. The molecule has 4 aromatic rings. The van der Waals surface area contributed by atoms with Crippen molar-refractivity contribution in [2.24, 2.45) is 0 Å². The van der Waals surface area contributed by atoms with Crippen LogP contribution in [0, 0.1) is 0 Å². The van der Waals surface area contributed by atoms with Gasteiger partial charge in [0.1, 0.15) is 17.2 Å². The Balaban J connectivity index is 1.39. The molecule has 8 heteroatoms. The number of hydrogen-bond donors (Lipinski definition) is 2. The SMILES string of the molecule is CNC(=O)c1cc(Oc2ccc(NC(=O)/C=C/c3sc4ccccc4c3Br)cc2)ccn1. The molecular formula is C24H18BrN3O3S. The molecule has 0 atom stereocenters. The molecule has 32 heavy (non-hydrogen) atoms. The van der Waals surface area contributed by atoms with E-state index in [-0.39, 0.29) is 17.5 Å². The van der Waals surface area contributed by atoms with E-state index in [1.54, 1.807) is 60.9 Å². The van der Waals surface area contributed by atoms with Gasteiger partial charge >= 0.3 is 0 Å². The molecule has 2 amide bonds. The van der Waals surface area contributed by atoms with Crippen LogP contribution in [-0.4, -0.2) is 23.8 Å². The standard InChI is InChI=1S/C24H18BrN3O3S/c1-26-24(30)19-14-17(12-13-27-19)31-16-8-6-15(7-9-16)28-22(29)11-10-21-23(25)18-4-2-3-5-20(18)32-21/h2-14H,1H3,(H,26,30)(H,28,29)/b11-10+. The molecule has 0 aliphatic rings. The second-order valence-corrected chi connectivity index (χ2v) is 8.56. The summed E-state index contributed by atoms with van der Waals surface area (Å²) in [5, 5.41) is 6.49. The average molecular weight is 508 g/mol. The molecule has 0 aliphatic heterocycles. The van der Waals surface area contributed by atoms with E-state index >= 15 is 0 Å². The minimum absolute atomic E-state index is 0.229. The molecule has 6 nitrogen and oxygen atoms in total. The van der Waals surface area contributed by atoms with Crippen LogP contribution in [0.4, 0.5) is 5.69 Å². The summed E-state index contributed by atoms with van der Waals surface area (Å²) in [6.45, 7) is 0. The van der Waals surface area contributed by atoms with Gasteiger partial charge in [-0.1, -0.05) is 18.2 Å². The predicted octanol–water partition coefficient (Wildman–Crippen LogP) is 5.86. The summed E-state index contributed by atoms with van der Waals surface area (Å²) in [5.41, 5.74) is 0.911. The van der Waals surface area contributed by atoms with Gasteiger partial charge in [0, 0.05) is 50.5 Å². The lowest BCUT2D eigenvalue weighted by Crippen LogP contribution is -2.18. The third kappa shape index (κ3) is 5.04. The van der Waals surface area contributed by atoms with Crippen LogP contribution in [0.5, 0.6) is 11.5 Å². The van der Waals surface area contributed by atoms with Crippen LogP contribution >= 0.6 is 27.3 Å². The average Bonchev–Trinajstić information content (AvgIpc) is 3.14. The number of carbonyl (C=O) groups is 2. The highest BCUT2D eigenvalue weighted by Crippen LogP contribution is 2.36. The van der Waals surface area contributed by atoms with Crippen LogP contribution in [0.15, 0.2) is 77.4 Å². The Kier molecular flexibility index (Phi) is 6.63. The number of amides is 2. The number of benzene rings is 2. The van der Waals surface area contributed by atoms with Crippen molar-refractivity contribution in [1.82, 2.24) is 10.3 Å². The molecule has 0 unspecified atom stereocenters. The first-order valence-electron chi connectivity index (χ1n) is 9.65. The first kappa shape index (κ1) is 21.7. The van der Waals surface area contributed by atoms with Gasteiger partial charge in [-0.15, -0.1) is 11.3 Å². The molecule has 2 aromatic carbocycles. The van der Waals surface area contributed by atoms with Crippen molar-refractivity contribution in [3.8, 4) is 11.5 Å². The zero-order valence-electron chi connectivity index (χ0n) is 17.0. The van der Waals surface area contributed by atoms with E-state index in [0.29, 0.717) is 17.2 Å². The zero-order chi connectivity index (χ0) is 22.5. The number of carbonyl (C=O) groups excluding carboxylic acids is 2. The number of hydrogen-bond acceptors (Lipinski definition) is 5. The Morgan fingerprint density at radius 2 is 1.84 bits per heavy atom. The summed E-state index contributed by atoms with van der Waals surface area (Å²) in [4.78, 5) is 29.0. The number of pyridine rings is 1. The molecule has 2 heterocycles. The van der Waals surface area contributed by atoms with Gasteiger partial charge in [0.15, 0.2) is 0 Å². The first-order valence-corrected chi connectivity index (χ1v) is 11.3. The van der Waals surface area contributed by atoms with Crippen LogP contribution in [0.1, 0.15) is 15.4 Å². The van der Waals surface area contributed by atoms with Gasteiger partial charge in [-0.3, -0.25) is 14.6 Å². The lowest BCUT2D eigenvalue weighted by Gasteiger charge is -2.08. The summed E-state index contributed by atoms with van der Waals surface area (Å²) in [5.74, 6) is 0.547. The number of anilines is 1. The van der Waals surface area contributed by atoms with Gasteiger partial charge in [0.05, 0.1) is 0 Å². The van der Waals surface area contributed by atoms with E-state index in [2.05, 4.69) is 37.6 Å². The minimum Gasteiger partial charge on any atom is -0.457 e. The molecule has 0 radical (unpaired) electrons. The Morgan fingerprint density at radius 1 is 1.06 bits per heavy atom. The zero-order valence-corrected chi connectivity index (χ0v) is 19.4. The van der Waals surface area contributed by atoms with Gasteiger partial charge in [-0.05, 0) is 58.4 Å². The van der Waals surface area contributed by atoms with E-state index < -0.39 is 0 Å². The summed E-state index contributed by atoms with van der Waals surface area (Å²) in [6, 6.07) is 18.3. The summed E-state index contributed by atoms with van der Waals surface area (Å²) < 4.78 is 7.91. The topological polar surface area (TPSA) is 80.3 Å². The third-order valence-electron chi connectivity index (χ3n) is 4.49. The minimum atomic E-state index is -0.288. The molecular weight excluding hydrogens is 490 g/mol. The lowest BCUT2D eigenvalue weighted by molar-refractivity contribution is -0.111. The number of nitrogens with zero attached hydrogens (tertiary/aromatic N) is 1. The predicted molar refractivity (Wildman–Crippen MR) is 131 cm³/mol. The van der Waals surface area contributed by atoms with Crippen molar-refractivity contribution < 1.29 is 14.3 Å². The fourth-order valence-electron chi connectivity index (χ4n) is 2.94. The van der Waals surface area contributed by atoms with Crippen LogP contribution in [0.2, 0.25) is 0 Å². The lowest BCUT2D eigenvalue weighted by atomic mass is 10.2. The van der Waals surface area contributed by atoms with E-state index in [1.165, 1.54) is 12.3 Å². The number of nitrogens with one attached hydrogen (secondary N) is 2. The highest BCUT2D eigenvalue weighted by molar-refractivity contribution is 9.10. The third-order valence-corrected chi connectivity index (χ3v) is 6.75. The number of thiophene rings is 1. The molecule has 0 saturated heterocycles. The Labute approximate surface area is 197 Å². The number of ether oxygens (including phenoxy) is 1. The second-order valence-electron chi connectivity index (χ2n) is 6.68. The highest BCUT2D eigenvalue weighted by atomic mass is 79.9. The van der Waals surface area contributed by atoms with E-state index in [0.717, 1.165) is 19.4 Å². The number of fused-ring (bicyclic) bond motifs is 1. The van der Waals surface area contributed by atoms with Crippen molar-refractivity contribution in [1.29, 1.82) is 0 Å². The first-order chi connectivity index (χ1) is 15.5. The quantitative estimate of drug-likeness (QED) is 0.320. The molecule has 0 saturated carbocycles. The summed E-state index contributed by atoms with van der Waals surface area (Å²) in [7, 11) is 1.54. The molecule has 2 aromatic heterocycles. The van der Waals surface area contributed by atoms with Gasteiger partial charge in [0.2, 0.25) is 5.91 Å². The van der Waals surface area contributed by atoms with Crippen molar-refractivity contribution >= 4 is 60.9 Å². The summed E-state index contributed by atoms with van der Waals surface area (Å²) >= 11 is 5.23. The van der Waals surface area contributed by atoms with Crippen LogP contribution in [0.25, 0.3) is 16.2 Å². The molecule has 0 spiro atoms. The molecule has 0 bridgehead atoms. The van der Waals surface area contributed by atoms with E-state index in [9.17, 15) is 9.59 Å². The van der Waals surface area contributed by atoms with Crippen molar-refractivity contribution in [2.45, 2.75) is 0 Å². The fraction of sp³-hybridized carbons (Fsp3) is 0.0417. The van der Waals surface area contributed by atoms with Crippen LogP contribution < -0.4 is 15.4 Å². The van der Waals surface area contributed by atoms with Crippen LogP contribution in [-0.2, 0) is 4.79 Å². The maximum Gasteiger partial charge on any atom is 0.269 e. The van der Waals surface area contributed by atoms with Crippen molar-refractivity contribution in [3.63, 3.8) is 0 Å². The molecule has 4 rings (SSSR count). The number of aromatic nitrogens is 1. The monoisotopic (exact) mass is 507 g/mol. The molecule has 0 aliphatic carbocycles. The van der Waals surface area contributed by atoms with E-state index in [4.69, 9.17) is 4.74 Å².